The number of rotatable bonds is 2. The van der Waals surface area contributed by atoms with Crippen molar-refractivity contribution in [2.75, 3.05) is 19.7 Å². The van der Waals surface area contributed by atoms with Crippen LogP contribution in [0.3, 0.4) is 0 Å². The molecule has 1 fully saturated rings. The van der Waals surface area contributed by atoms with E-state index in [-0.39, 0.29) is 6.10 Å². The number of hydrogen-bond acceptors (Lipinski definition) is 5. The van der Waals surface area contributed by atoms with Crippen LogP contribution in [0.4, 0.5) is 0 Å². The Hall–Kier alpha value is -1.43. The van der Waals surface area contributed by atoms with Gasteiger partial charge in [0.25, 0.3) is 5.89 Å². The van der Waals surface area contributed by atoms with E-state index in [1.54, 1.807) is 12.1 Å². The molecule has 0 aliphatic carbocycles. The zero-order valence-corrected chi connectivity index (χ0v) is 10.4. The molecule has 1 aromatic carbocycles. The zero-order valence-electron chi connectivity index (χ0n) is 9.60. The highest BCUT2D eigenvalue weighted by Crippen LogP contribution is 2.23. The van der Waals surface area contributed by atoms with E-state index in [1.165, 1.54) is 0 Å². The van der Waals surface area contributed by atoms with Gasteiger partial charge < -0.3 is 14.6 Å². The fourth-order valence-corrected chi connectivity index (χ4v) is 2.03. The molecule has 3 rings (SSSR count). The number of ether oxygens (including phenoxy) is 1. The summed E-state index contributed by atoms with van der Waals surface area (Å²) in [5.41, 5.74) is 0.835. The lowest BCUT2D eigenvalue weighted by atomic mass is 10.2. The van der Waals surface area contributed by atoms with Crippen molar-refractivity contribution < 1.29 is 9.26 Å². The SMILES string of the molecule is Clc1cccc(-c2noc([C@@H]3CNCCO3)n2)c1. The Bertz CT molecular complexity index is 538. The molecule has 1 aromatic heterocycles. The summed E-state index contributed by atoms with van der Waals surface area (Å²) in [7, 11) is 0. The van der Waals surface area contributed by atoms with Crippen LogP contribution in [0.25, 0.3) is 11.4 Å². The van der Waals surface area contributed by atoms with Crippen LogP contribution in [0.2, 0.25) is 5.02 Å². The highest BCUT2D eigenvalue weighted by Gasteiger charge is 2.22. The zero-order chi connectivity index (χ0) is 12.4. The summed E-state index contributed by atoms with van der Waals surface area (Å²) in [6, 6.07) is 7.35. The molecule has 0 unspecified atom stereocenters. The van der Waals surface area contributed by atoms with Crippen molar-refractivity contribution in [3.05, 3.63) is 35.2 Å². The molecule has 2 heterocycles. The van der Waals surface area contributed by atoms with Gasteiger partial charge in [0.1, 0.15) is 6.10 Å². The molecule has 0 saturated carbocycles. The molecule has 1 aliphatic heterocycles. The summed E-state index contributed by atoms with van der Waals surface area (Å²) in [5.74, 6) is 1.03. The molecule has 0 bridgehead atoms. The smallest absolute Gasteiger partial charge is 0.257 e. The second-order valence-corrected chi connectivity index (χ2v) is 4.47. The molecular formula is C12H12ClN3O2. The first-order valence-electron chi connectivity index (χ1n) is 5.75. The van der Waals surface area contributed by atoms with E-state index in [4.69, 9.17) is 20.9 Å². The second kappa shape index (κ2) is 5.06. The first-order chi connectivity index (χ1) is 8.83. The molecule has 5 nitrogen and oxygen atoms in total. The standard InChI is InChI=1S/C12H12ClN3O2/c13-9-3-1-2-8(6-9)11-15-12(18-16-11)10-7-14-4-5-17-10/h1-3,6,10,14H,4-5,7H2/t10-/m0/s1. The number of aromatic nitrogens is 2. The van der Waals surface area contributed by atoms with E-state index in [2.05, 4.69) is 15.5 Å². The molecule has 1 N–H and O–H groups in total. The number of nitrogens with zero attached hydrogens (tertiary/aromatic N) is 2. The van der Waals surface area contributed by atoms with Gasteiger partial charge >= 0.3 is 0 Å². The van der Waals surface area contributed by atoms with Crippen molar-refractivity contribution in [2.24, 2.45) is 0 Å². The van der Waals surface area contributed by atoms with Crippen LogP contribution < -0.4 is 5.32 Å². The van der Waals surface area contributed by atoms with E-state index in [9.17, 15) is 0 Å². The lowest BCUT2D eigenvalue weighted by molar-refractivity contribution is 0.00755. The van der Waals surface area contributed by atoms with Gasteiger partial charge in [-0.15, -0.1) is 0 Å². The molecule has 0 radical (unpaired) electrons. The van der Waals surface area contributed by atoms with Crippen molar-refractivity contribution in [3.8, 4) is 11.4 Å². The maximum Gasteiger partial charge on any atom is 0.257 e. The van der Waals surface area contributed by atoms with Crippen molar-refractivity contribution in [2.45, 2.75) is 6.10 Å². The Morgan fingerprint density at radius 2 is 2.33 bits per heavy atom. The van der Waals surface area contributed by atoms with Gasteiger partial charge in [-0.2, -0.15) is 4.98 Å². The van der Waals surface area contributed by atoms with E-state index >= 15 is 0 Å². The van der Waals surface area contributed by atoms with Crippen molar-refractivity contribution in [1.29, 1.82) is 0 Å². The molecular weight excluding hydrogens is 254 g/mol. The topological polar surface area (TPSA) is 60.2 Å². The van der Waals surface area contributed by atoms with Gasteiger partial charge in [-0.05, 0) is 12.1 Å². The average molecular weight is 266 g/mol. The van der Waals surface area contributed by atoms with Crippen LogP contribution in [0.5, 0.6) is 0 Å². The molecule has 1 atom stereocenters. The van der Waals surface area contributed by atoms with Gasteiger partial charge in [-0.1, -0.05) is 28.9 Å². The summed E-state index contributed by atoms with van der Waals surface area (Å²) in [6.07, 6.45) is -0.167. The van der Waals surface area contributed by atoms with Gasteiger partial charge in [0.05, 0.1) is 6.61 Å². The molecule has 6 heteroatoms. The monoisotopic (exact) mass is 265 g/mol. The van der Waals surface area contributed by atoms with E-state index in [1.807, 2.05) is 12.1 Å². The highest BCUT2D eigenvalue weighted by molar-refractivity contribution is 6.30. The van der Waals surface area contributed by atoms with Gasteiger partial charge in [-0.25, -0.2) is 0 Å². The van der Waals surface area contributed by atoms with E-state index in [0.29, 0.717) is 29.9 Å². The number of hydrogen-bond donors (Lipinski definition) is 1. The third-order valence-corrected chi connectivity index (χ3v) is 2.96. The van der Waals surface area contributed by atoms with Crippen LogP contribution in [0.1, 0.15) is 12.0 Å². The number of halogens is 1. The van der Waals surface area contributed by atoms with E-state index in [0.717, 1.165) is 12.1 Å². The number of nitrogens with one attached hydrogen (secondary N) is 1. The lowest BCUT2D eigenvalue weighted by Crippen LogP contribution is -2.33. The highest BCUT2D eigenvalue weighted by atomic mass is 35.5. The quantitative estimate of drug-likeness (QED) is 0.901. The van der Waals surface area contributed by atoms with Gasteiger partial charge in [0, 0.05) is 23.7 Å². The second-order valence-electron chi connectivity index (χ2n) is 4.03. The Labute approximate surface area is 109 Å². The van der Waals surface area contributed by atoms with E-state index < -0.39 is 0 Å². The maximum atomic E-state index is 5.93. The Morgan fingerprint density at radius 3 is 3.11 bits per heavy atom. The summed E-state index contributed by atoms with van der Waals surface area (Å²) >= 11 is 5.93. The molecule has 0 amide bonds. The largest absolute Gasteiger partial charge is 0.366 e. The molecule has 1 saturated heterocycles. The Balaban J connectivity index is 1.84. The summed E-state index contributed by atoms with van der Waals surface area (Å²) in [5, 5.41) is 7.82. The van der Waals surface area contributed by atoms with Crippen LogP contribution in [-0.2, 0) is 4.74 Å². The normalized spacial score (nSPS) is 19.9. The molecule has 2 aromatic rings. The molecule has 18 heavy (non-hydrogen) atoms. The number of benzene rings is 1. The minimum absolute atomic E-state index is 0.167. The van der Waals surface area contributed by atoms with Crippen LogP contribution >= 0.6 is 11.6 Å². The average Bonchev–Trinajstić information content (AvgIpc) is 2.89. The van der Waals surface area contributed by atoms with Crippen molar-refractivity contribution >= 4 is 11.6 Å². The van der Waals surface area contributed by atoms with Crippen molar-refractivity contribution in [3.63, 3.8) is 0 Å². The van der Waals surface area contributed by atoms with Gasteiger partial charge in [-0.3, -0.25) is 0 Å². The third-order valence-electron chi connectivity index (χ3n) is 2.73. The summed E-state index contributed by atoms with van der Waals surface area (Å²) < 4.78 is 10.8. The first-order valence-corrected chi connectivity index (χ1v) is 6.12. The summed E-state index contributed by atoms with van der Waals surface area (Å²) in [4.78, 5) is 4.34. The Kier molecular flexibility index (Phi) is 3.27. The first kappa shape index (κ1) is 11.6. The fraction of sp³-hybridized carbons (Fsp3) is 0.333. The molecule has 1 aliphatic rings. The molecule has 94 valence electrons. The van der Waals surface area contributed by atoms with Crippen molar-refractivity contribution in [1.82, 2.24) is 15.5 Å². The predicted octanol–water partition coefficient (Wildman–Crippen LogP) is 2.05. The van der Waals surface area contributed by atoms with Gasteiger partial charge in [0.2, 0.25) is 5.82 Å². The fourth-order valence-electron chi connectivity index (χ4n) is 1.83. The van der Waals surface area contributed by atoms with Crippen LogP contribution in [0, 0.1) is 0 Å². The molecule has 0 spiro atoms. The Morgan fingerprint density at radius 1 is 1.39 bits per heavy atom. The minimum atomic E-state index is -0.167. The summed E-state index contributed by atoms with van der Waals surface area (Å²) in [6.45, 7) is 2.20. The predicted molar refractivity (Wildman–Crippen MR) is 66.3 cm³/mol. The lowest BCUT2D eigenvalue weighted by Gasteiger charge is -2.19. The third kappa shape index (κ3) is 2.38. The maximum absolute atomic E-state index is 5.93. The minimum Gasteiger partial charge on any atom is -0.366 e. The van der Waals surface area contributed by atoms with Gasteiger partial charge in [0.15, 0.2) is 0 Å². The number of morpholine rings is 1. The van der Waals surface area contributed by atoms with Crippen LogP contribution in [0.15, 0.2) is 28.8 Å². The van der Waals surface area contributed by atoms with Crippen LogP contribution in [-0.4, -0.2) is 29.8 Å².